The number of benzene rings is 1. The van der Waals surface area contributed by atoms with E-state index in [2.05, 4.69) is 5.32 Å². The Balaban J connectivity index is 2.84. The van der Waals surface area contributed by atoms with Crippen molar-refractivity contribution in [2.24, 2.45) is 5.41 Å². The van der Waals surface area contributed by atoms with Crippen LogP contribution in [0.2, 0.25) is 5.02 Å². The van der Waals surface area contributed by atoms with Crippen molar-refractivity contribution in [3.63, 3.8) is 0 Å². The maximum Gasteiger partial charge on any atom is 0.307 e. The average Bonchev–Trinajstić information content (AvgIpc) is 2.36. The summed E-state index contributed by atoms with van der Waals surface area (Å²) in [6.07, 6.45) is 0.478. The van der Waals surface area contributed by atoms with Crippen molar-refractivity contribution in [3.8, 4) is 0 Å². The van der Waals surface area contributed by atoms with Crippen LogP contribution in [0.15, 0.2) is 24.3 Å². The molecule has 0 heterocycles. The summed E-state index contributed by atoms with van der Waals surface area (Å²) >= 11 is 5.86. The molecule has 4 nitrogen and oxygen atoms in total. The van der Waals surface area contributed by atoms with Crippen molar-refractivity contribution in [1.29, 1.82) is 0 Å². The first-order valence-electron chi connectivity index (χ1n) is 6.83. The van der Waals surface area contributed by atoms with Crippen LogP contribution in [0.1, 0.15) is 45.2 Å². The Hall–Kier alpha value is -1.55. The molecule has 21 heavy (non-hydrogen) atoms. The molecule has 0 fully saturated rings. The Kier molecular flexibility index (Phi) is 6.21. The standard InChI is InChI=1S/C16H22ClNO3/c1-16(2,3)10-14(19)18-13(9-15(20)21-4)11-5-7-12(17)8-6-11/h5-8,13H,9-10H2,1-4H3,(H,18,19). The molecule has 5 heteroatoms. The Morgan fingerprint density at radius 2 is 1.81 bits per heavy atom. The van der Waals surface area contributed by atoms with Gasteiger partial charge in [0.25, 0.3) is 0 Å². The van der Waals surface area contributed by atoms with E-state index in [1.54, 1.807) is 24.3 Å². The SMILES string of the molecule is COC(=O)CC(NC(=O)CC(C)(C)C)c1ccc(Cl)cc1. The summed E-state index contributed by atoms with van der Waals surface area (Å²) in [6.45, 7) is 5.97. The highest BCUT2D eigenvalue weighted by Gasteiger charge is 2.22. The van der Waals surface area contributed by atoms with Gasteiger partial charge in [0.15, 0.2) is 0 Å². The fraction of sp³-hybridized carbons (Fsp3) is 0.500. The minimum atomic E-state index is -0.412. The third-order valence-electron chi connectivity index (χ3n) is 2.90. The van der Waals surface area contributed by atoms with Gasteiger partial charge in [-0.3, -0.25) is 9.59 Å². The second-order valence-electron chi connectivity index (χ2n) is 6.19. The van der Waals surface area contributed by atoms with Gasteiger partial charge in [-0.2, -0.15) is 0 Å². The second-order valence-corrected chi connectivity index (χ2v) is 6.63. The van der Waals surface area contributed by atoms with Crippen molar-refractivity contribution in [1.82, 2.24) is 5.32 Å². The van der Waals surface area contributed by atoms with Crippen molar-refractivity contribution in [3.05, 3.63) is 34.9 Å². The van der Waals surface area contributed by atoms with Crippen LogP contribution in [-0.2, 0) is 14.3 Å². The van der Waals surface area contributed by atoms with Crippen molar-refractivity contribution >= 4 is 23.5 Å². The lowest BCUT2D eigenvalue weighted by atomic mass is 9.91. The summed E-state index contributed by atoms with van der Waals surface area (Å²) in [7, 11) is 1.33. The summed E-state index contributed by atoms with van der Waals surface area (Å²) in [5, 5.41) is 3.50. The fourth-order valence-corrected chi connectivity index (χ4v) is 2.05. The lowest BCUT2D eigenvalue weighted by molar-refractivity contribution is -0.141. The predicted molar refractivity (Wildman–Crippen MR) is 83.0 cm³/mol. The highest BCUT2D eigenvalue weighted by atomic mass is 35.5. The molecule has 0 bridgehead atoms. The van der Waals surface area contributed by atoms with E-state index in [-0.39, 0.29) is 23.7 Å². The number of esters is 1. The molecule has 0 saturated heterocycles. The zero-order valence-corrected chi connectivity index (χ0v) is 13.7. The summed E-state index contributed by atoms with van der Waals surface area (Å²) in [6, 6.07) is 6.65. The number of hydrogen-bond donors (Lipinski definition) is 1. The van der Waals surface area contributed by atoms with Crippen molar-refractivity contribution in [2.75, 3.05) is 7.11 Å². The zero-order valence-electron chi connectivity index (χ0n) is 12.9. The van der Waals surface area contributed by atoms with Gasteiger partial charge >= 0.3 is 5.97 Å². The normalized spacial score (nSPS) is 12.6. The minimum Gasteiger partial charge on any atom is -0.469 e. The zero-order chi connectivity index (χ0) is 16.0. The van der Waals surface area contributed by atoms with Crippen LogP contribution >= 0.6 is 11.6 Å². The minimum absolute atomic E-state index is 0.0913. The number of rotatable bonds is 5. The number of halogens is 1. The fourth-order valence-electron chi connectivity index (χ4n) is 1.92. The largest absolute Gasteiger partial charge is 0.469 e. The Bertz CT molecular complexity index is 491. The smallest absolute Gasteiger partial charge is 0.307 e. The van der Waals surface area contributed by atoms with Crippen LogP contribution in [0.5, 0.6) is 0 Å². The number of carbonyl (C=O) groups excluding carboxylic acids is 2. The molecular formula is C16H22ClNO3. The van der Waals surface area contributed by atoms with Crippen LogP contribution in [0.3, 0.4) is 0 Å². The molecule has 0 aliphatic carbocycles. The first-order chi connectivity index (χ1) is 9.71. The van der Waals surface area contributed by atoms with Crippen LogP contribution < -0.4 is 5.32 Å². The molecule has 116 valence electrons. The van der Waals surface area contributed by atoms with Crippen LogP contribution in [-0.4, -0.2) is 19.0 Å². The molecule has 1 rings (SSSR count). The molecule has 1 unspecified atom stereocenters. The third-order valence-corrected chi connectivity index (χ3v) is 3.15. The predicted octanol–water partition coefficient (Wildman–Crippen LogP) is 3.50. The maximum atomic E-state index is 12.1. The van der Waals surface area contributed by atoms with E-state index >= 15 is 0 Å². The monoisotopic (exact) mass is 311 g/mol. The number of amides is 1. The van der Waals surface area contributed by atoms with Crippen molar-refractivity contribution in [2.45, 2.75) is 39.7 Å². The third kappa shape index (κ3) is 6.63. The van der Waals surface area contributed by atoms with E-state index in [0.29, 0.717) is 11.4 Å². The van der Waals surface area contributed by atoms with E-state index in [0.717, 1.165) is 5.56 Å². The van der Waals surface area contributed by atoms with E-state index < -0.39 is 6.04 Å². The lowest BCUT2D eigenvalue weighted by Gasteiger charge is -2.22. The molecule has 0 aromatic heterocycles. The van der Waals surface area contributed by atoms with Crippen molar-refractivity contribution < 1.29 is 14.3 Å². The Morgan fingerprint density at radius 3 is 2.29 bits per heavy atom. The molecule has 1 aromatic carbocycles. The Labute approximate surface area is 130 Å². The van der Waals surface area contributed by atoms with Crippen LogP contribution in [0.4, 0.5) is 0 Å². The molecule has 0 radical (unpaired) electrons. The van der Waals surface area contributed by atoms with E-state index in [9.17, 15) is 9.59 Å². The molecule has 0 saturated carbocycles. The molecule has 0 spiro atoms. The van der Waals surface area contributed by atoms with Gasteiger partial charge in [-0.25, -0.2) is 0 Å². The first-order valence-corrected chi connectivity index (χ1v) is 7.21. The highest BCUT2D eigenvalue weighted by molar-refractivity contribution is 6.30. The average molecular weight is 312 g/mol. The lowest BCUT2D eigenvalue weighted by Crippen LogP contribution is -2.32. The van der Waals surface area contributed by atoms with E-state index in [4.69, 9.17) is 16.3 Å². The number of ether oxygens (including phenoxy) is 1. The molecule has 1 aromatic rings. The highest BCUT2D eigenvalue weighted by Crippen LogP contribution is 2.22. The first kappa shape index (κ1) is 17.5. The van der Waals surface area contributed by atoms with E-state index in [1.165, 1.54) is 7.11 Å². The van der Waals surface area contributed by atoms with Gasteiger partial charge in [-0.1, -0.05) is 44.5 Å². The van der Waals surface area contributed by atoms with E-state index in [1.807, 2.05) is 20.8 Å². The number of nitrogens with one attached hydrogen (secondary N) is 1. The molecular weight excluding hydrogens is 290 g/mol. The molecule has 1 atom stereocenters. The summed E-state index contributed by atoms with van der Waals surface area (Å²) in [5.74, 6) is -0.461. The van der Waals surface area contributed by atoms with Gasteiger partial charge in [0.1, 0.15) is 0 Å². The number of carbonyl (C=O) groups is 2. The topological polar surface area (TPSA) is 55.4 Å². The van der Waals surface area contributed by atoms with Gasteiger partial charge in [-0.05, 0) is 23.1 Å². The number of methoxy groups -OCH3 is 1. The molecule has 0 aliphatic heterocycles. The second kappa shape index (κ2) is 7.46. The molecule has 1 N–H and O–H groups in total. The van der Waals surface area contributed by atoms with Gasteiger partial charge < -0.3 is 10.1 Å². The summed E-state index contributed by atoms with van der Waals surface area (Å²) in [5.41, 5.74) is 0.715. The Morgan fingerprint density at radius 1 is 1.24 bits per heavy atom. The molecule has 1 amide bonds. The summed E-state index contributed by atoms with van der Waals surface area (Å²) in [4.78, 5) is 23.6. The number of hydrogen-bond acceptors (Lipinski definition) is 3. The van der Waals surface area contributed by atoms with Gasteiger partial charge in [0.05, 0.1) is 19.6 Å². The van der Waals surface area contributed by atoms with Crippen LogP contribution in [0.25, 0.3) is 0 Å². The molecule has 0 aliphatic rings. The van der Waals surface area contributed by atoms with Gasteiger partial charge in [-0.15, -0.1) is 0 Å². The van der Waals surface area contributed by atoms with Gasteiger partial charge in [0, 0.05) is 11.4 Å². The van der Waals surface area contributed by atoms with Gasteiger partial charge in [0.2, 0.25) is 5.91 Å². The summed E-state index contributed by atoms with van der Waals surface area (Å²) < 4.78 is 4.69. The van der Waals surface area contributed by atoms with Crippen LogP contribution in [0, 0.1) is 5.41 Å². The maximum absolute atomic E-state index is 12.1. The quantitative estimate of drug-likeness (QED) is 0.847.